The number of esters is 1. The highest BCUT2D eigenvalue weighted by Gasteiger charge is 2.13. The van der Waals surface area contributed by atoms with Crippen molar-refractivity contribution in [1.29, 1.82) is 0 Å². The number of nitrogens with zero attached hydrogens (tertiary/aromatic N) is 3. The number of anilines is 2. The number of rotatable bonds is 4. The summed E-state index contributed by atoms with van der Waals surface area (Å²) in [6.45, 7) is 0.398. The summed E-state index contributed by atoms with van der Waals surface area (Å²) < 4.78 is 4.68. The van der Waals surface area contributed by atoms with E-state index in [0.29, 0.717) is 18.1 Å². The number of nitrogen functional groups attached to an aromatic ring is 1. The summed E-state index contributed by atoms with van der Waals surface area (Å²) in [7, 11) is 1.30. The Kier molecular flexibility index (Phi) is 3.87. The van der Waals surface area contributed by atoms with Crippen molar-refractivity contribution in [3.05, 3.63) is 41.9 Å². The summed E-state index contributed by atoms with van der Waals surface area (Å²) in [5.74, 6) is -0.104. The van der Waals surface area contributed by atoms with Crippen molar-refractivity contribution < 1.29 is 9.53 Å². The first-order chi connectivity index (χ1) is 9.20. The van der Waals surface area contributed by atoms with Gasteiger partial charge in [0.2, 0.25) is 0 Å². The van der Waals surface area contributed by atoms with Crippen LogP contribution in [0.2, 0.25) is 0 Å². The lowest BCUT2D eigenvalue weighted by atomic mass is 10.2. The molecule has 2 aromatic rings. The average molecular weight is 259 g/mol. The Morgan fingerprint density at radius 2 is 2.37 bits per heavy atom. The van der Waals surface area contributed by atoms with Gasteiger partial charge in [-0.2, -0.15) is 10.2 Å². The van der Waals surface area contributed by atoms with Crippen LogP contribution >= 0.6 is 0 Å². The quantitative estimate of drug-likeness (QED) is 0.784. The summed E-state index contributed by atoms with van der Waals surface area (Å²) in [5, 5.41) is 10.7. The van der Waals surface area contributed by atoms with Crippen molar-refractivity contribution >= 4 is 17.5 Å². The molecule has 2 rings (SSSR count). The van der Waals surface area contributed by atoms with E-state index in [-0.39, 0.29) is 5.56 Å². The summed E-state index contributed by atoms with van der Waals surface area (Å²) in [6, 6.07) is 5.11. The van der Waals surface area contributed by atoms with Gasteiger partial charge in [0.1, 0.15) is 11.4 Å². The third-order valence-corrected chi connectivity index (χ3v) is 2.38. The van der Waals surface area contributed by atoms with E-state index in [1.807, 2.05) is 6.07 Å². The third-order valence-electron chi connectivity index (χ3n) is 2.38. The van der Waals surface area contributed by atoms with Gasteiger partial charge in [0.15, 0.2) is 0 Å². The zero-order chi connectivity index (χ0) is 13.7. The molecule has 0 aliphatic rings. The number of pyridine rings is 1. The molecule has 19 heavy (non-hydrogen) atoms. The standard InChI is InChI=1S/C12H13N5O2/c1-19-12(18)10-5-8(13)6-14-11(10)15-7-9-3-2-4-16-17-9/h2-6H,7,13H2,1H3,(H,14,15). The summed E-state index contributed by atoms with van der Waals surface area (Å²) in [5.41, 5.74) is 7.02. The molecule has 2 heterocycles. The molecule has 2 aromatic heterocycles. The number of ether oxygens (including phenoxy) is 1. The van der Waals surface area contributed by atoms with Crippen LogP contribution in [-0.2, 0) is 11.3 Å². The van der Waals surface area contributed by atoms with Gasteiger partial charge in [0.05, 0.1) is 31.2 Å². The summed E-state index contributed by atoms with van der Waals surface area (Å²) in [6.07, 6.45) is 3.05. The van der Waals surface area contributed by atoms with Gasteiger partial charge in [0.25, 0.3) is 0 Å². The van der Waals surface area contributed by atoms with Gasteiger partial charge >= 0.3 is 5.97 Å². The van der Waals surface area contributed by atoms with Crippen LogP contribution in [0.1, 0.15) is 16.1 Å². The van der Waals surface area contributed by atoms with Crippen molar-refractivity contribution in [2.24, 2.45) is 0 Å². The second kappa shape index (κ2) is 5.76. The molecule has 0 bridgehead atoms. The van der Waals surface area contributed by atoms with Crippen LogP contribution < -0.4 is 11.1 Å². The number of hydrogen-bond donors (Lipinski definition) is 2. The van der Waals surface area contributed by atoms with Crippen LogP contribution in [0.5, 0.6) is 0 Å². The molecule has 0 saturated heterocycles. The van der Waals surface area contributed by atoms with Crippen LogP contribution in [0.3, 0.4) is 0 Å². The second-order valence-corrected chi connectivity index (χ2v) is 3.72. The fourth-order valence-corrected chi connectivity index (χ4v) is 1.49. The lowest BCUT2D eigenvalue weighted by molar-refractivity contribution is 0.0601. The summed E-state index contributed by atoms with van der Waals surface area (Å²) in [4.78, 5) is 15.7. The number of hydrogen-bond acceptors (Lipinski definition) is 7. The number of carbonyl (C=O) groups excluding carboxylic acids is 1. The van der Waals surface area contributed by atoms with Crippen molar-refractivity contribution in [1.82, 2.24) is 15.2 Å². The van der Waals surface area contributed by atoms with E-state index >= 15 is 0 Å². The van der Waals surface area contributed by atoms with E-state index in [1.165, 1.54) is 19.4 Å². The Balaban J connectivity index is 2.18. The van der Waals surface area contributed by atoms with Crippen molar-refractivity contribution in [3.63, 3.8) is 0 Å². The Hall–Kier alpha value is -2.70. The van der Waals surface area contributed by atoms with Gasteiger partial charge in [-0.1, -0.05) is 0 Å². The molecular formula is C12H13N5O2. The molecule has 0 aliphatic carbocycles. The van der Waals surface area contributed by atoms with Gasteiger partial charge < -0.3 is 15.8 Å². The molecule has 3 N–H and O–H groups in total. The third kappa shape index (κ3) is 3.15. The predicted octanol–water partition coefficient (Wildman–Crippen LogP) is 0.853. The van der Waals surface area contributed by atoms with Crippen LogP contribution in [0.15, 0.2) is 30.6 Å². The Labute approximate surface area is 109 Å². The monoisotopic (exact) mass is 259 g/mol. The van der Waals surface area contributed by atoms with Crippen LogP contribution in [0.25, 0.3) is 0 Å². The molecule has 0 aliphatic heterocycles. The number of nitrogens with one attached hydrogen (secondary N) is 1. The van der Waals surface area contributed by atoms with Crippen molar-refractivity contribution in [2.75, 3.05) is 18.2 Å². The van der Waals surface area contributed by atoms with Gasteiger partial charge in [-0.3, -0.25) is 0 Å². The predicted molar refractivity (Wildman–Crippen MR) is 69.3 cm³/mol. The normalized spacial score (nSPS) is 9.95. The zero-order valence-corrected chi connectivity index (χ0v) is 10.3. The van der Waals surface area contributed by atoms with E-state index in [2.05, 4.69) is 25.2 Å². The minimum atomic E-state index is -0.499. The van der Waals surface area contributed by atoms with Crippen molar-refractivity contribution in [3.8, 4) is 0 Å². The van der Waals surface area contributed by atoms with Crippen LogP contribution in [-0.4, -0.2) is 28.3 Å². The molecule has 0 unspecified atom stereocenters. The van der Waals surface area contributed by atoms with Crippen LogP contribution in [0, 0.1) is 0 Å². The fraction of sp³-hybridized carbons (Fsp3) is 0.167. The van der Waals surface area contributed by atoms with Crippen LogP contribution in [0.4, 0.5) is 11.5 Å². The first kappa shape index (κ1) is 12.7. The zero-order valence-electron chi connectivity index (χ0n) is 10.3. The summed E-state index contributed by atoms with van der Waals surface area (Å²) >= 11 is 0. The maximum atomic E-state index is 11.6. The fourth-order valence-electron chi connectivity index (χ4n) is 1.49. The number of methoxy groups -OCH3 is 1. The topological polar surface area (TPSA) is 103 Å². The maximum Gasteiger partial charge on any atom is 0.341 e. The molecule has 7 nitrogen and oxygen atoms in total. The van der Waals surface area contributed by atoms with E-state index in [1.54, 1.807) is 12.3 Å². The number of carbonyl (C=O) groups is 1. The lowest BCUT2D eigenvalue weighted by Crippen LogP contribution is -2.11. The molecule has 0 fully saturated rings. The van der Waals surface area contributed by atoms with Gasteiger partial charge in [0, 0.05) is 6.20 Å². The first-order valence-electron chi connectivity index (χ1n) is 5.55. The molecule has 7 heteroatoms. The highest BCUT2D eigenvalue weighted by atomic mass is 16.5. The van der Waals surface area contributed by atoms with E-state index < -0.39 is 5.97 Å². The number of nitrogens with two attached hydrogens (primary N) is 1. The van der Waals surface area contributed by atoms with E-state index in [4.69, 9.17) is 5.73 Å². The SMILES string of the molecule is COC(=O)c1cc(N)cnc1NCc1cccnn1. The largest absolute Gasteiger partial charge is 0.465 e. The molecule has 0 aromatic carbocycles. The average Bonchev–Trinajstić information content (AvgIpc) is 2.46. The molecule has 0 spiro atoms. The molecule has 0 radical (unpaired) electrons. The molecule has 0 saturated carbocycles. The Morgan fingerprint density at radius 1 is 1.53 bits per heavy atom. The lowest BCUT2D eigenvalue weighted by Gasteiger charge is -2.09. The molecular weight excluding hydrogens is 246 g/mol. The van der Waals surface area contributed by atoms with E-state index in [0.717, 1.165) is 5.69 Å². The van der Waals surface area contributed by atoms with Gasteiger partial charge in [-0.05, 0) is 18.2 Å². The minimum absolute atomic E-state index is 0.284. The minimum Gasteiger partial charge on any atom is -0.465 e. The molecule has 0 amide bonds. The second-order valence-electron chi connectivity index (χ2n) is 3.72. The van der Waals surface area contributed by atoms with Gasteiger partial charge in [-0.15, -0.1) is 0 Å². The first-order valence-corrected chi connectivity index (χ1v) is 5.55. The van der Waals surface area contributed by atoms with Gasteiger partial charge in [-0.25, -0.2) is 9.78 Å². The van der Waals surface area contributed by atoms with E-state index in [9.17, 15) is 4.79 Å². The molecule has 0 atom stereocenters. The van der Waals surface area contributed by atoms with Crippen molar-refractivity contribution in [2.45, 2.75) is 6.54 Å². The Morgan fingerprint density at radius 3 is 3.05 bits per heavy atom. The molecule has 98 valence electrons. The Bertz CT molecular complexity index is 574. The number of aromatic nitrogens is 3. The highest BCUT2D eigenvalue weighted by Crippen LogP contribution is 2.17. The highest BCUT2D eigenvalue weighted by molar-refractivity contribution is 5.95. The maximum absolute atomic E-state index is 11.6. The smallest absolute Gasteiger partial charge is 0.341 e.